The molecule has 0 aromatic heterocycles. The van der Waals surface area contributed by atoms with Gasteiger partial charge in [-0.1, -0.05) is 17.7 Å². The number of aryl methyl sites for hydroxylation is 1. The Morgan fingerprint density at radius 3 is 2.48 bits per heavy atom. The molecule has 2 aromatic rings. The van der Waals surface area contributed by atoms with Crippen molar-refractivity contribution in [3.05, 3.63) is 54.1 Å². The third kappa shape index (κ3) is 6.29. The zero-order valence-electron chi connectivity index (χ0n) is 17.6. The number of hydrogen-bond donors (Lipinski definition) is 3. The van der Waals surface area contributed by atoms with Crippen LogP contribution in [0.1, 0.15) is 18.9 Å². The van der Waals surface area contributed by atoms with Gasteiger partial charge in [0.15, 0.2) is 6.61 Å². The van der Waals surface area contributed by atoms with Gasteiger partial charge in [-0.3, -0.25) is 14.4 Å². The Kier molecular flexibility index (Phi) is 7.25. The summed E-state index contributed by atoms with van der Waals surface area (Å²) < 4.78 is 5.52. The third-order valence-corrected chi connectivity index (χ3v) is 4.92. The largest absolute Gasteiger partial charge is 0.484 e. The van der Waals surface area contributed by atoms with E-state index in [1.807, 2.05) is 31.2 Å². The maximum atomic E-state index is 12.3. The lowest BCUT2D eigenvalue weighted by atomic mass is 10.1. The van der Waals surface area contributed by atoms with Gasteiger partial charge in [-0.05, 0) is 50.2 Å². The maximum absolute atomic E-state index is 12.3. The standard InChI is InChI=1S/C23H27N3O5/c1-15-3-5-18(6-4-15)25-21(28)14-31-20-9-7-19(8-10-20)26-13-17(11-22(26)29)23(30)24-12-16(2)27/h3-10,16-17,27H,11-14H2,1-2H3,(H,24,30)(H,25,28)/t16-,17+/m1/s1. The molecule has 8 heteroatoms. The maximum Gasteiger partial charge on any atom is 0.262 e. The molecule has 1 fully saturated rings. The van der Waals surface area contributed by atoms with Gasteiger partial charge in [0.25, 0.3) is 5.91 Å². The number of nitrogens with one attached hydrogen (secondary N) is 2. The van der Waals surface area contributed by atoms with Crippen LogP contribution in [0.3, 0.4) is 0 Å². The van der Waals surface area contributed by atoms with Crippen LogP contribution in [0.2, 0.25) is 0 Å². The number of aliphatic hydroxyl groups is 1. The molecule has 0 spiro atoms. The van der Waals surface area contributed by atoms with Crippen molar-refractivity contribution in [1.82, 2.24) is 5.32 Å². The molecule has 31 heavy (non-hydrogen) atoms. The minimum absolute atomic E-state index is 0.128. The number of benzene rings is 2. The number of carbonyl (C=O) groups is 3. The topological polar surface area (TPSA) is 108 Å². The lowest BCUT2D eigenvalue weighted by Gasteiger charge is -2.17. The van der Waals surface area contributed by atoms with Crippen molar-refractivity contribution in [3.63, 3.8) is 0 Å². The SMILES string of the molecule is Cc1ccc(NC(=O)COc2ccc(N3C[C@@H](C(=O)NC[C@@H](C)O)CC3=O)cc2)cc1. The van der Waals surface area contributed by atoms with E-state index in [0.29, 0.717) is 17.1 Å². The van der Waals surface area contributed by atoms with Crippen LogP contribution in [-0.4, -0.2) is 48.6 Å². The molecule has 0 unspecified atom stereocenters. The Labute approximate surface area is 181 Å². The number of carbonyl (C=O) groups excluding carboxylic acids is 3. The van der Waals surface area contributed by atoms with E-state index in [9.17, 15) is 19.5 Å². The molecule has 1 saturated heterocycles. The van der Waals surface area contributed by atoms with Crippen LogP contribution in [0, 0.1) is 12.8 Å². The van der Waals surface area contributed by atoms with Crippen LogP contribution in [0.15, 0.2) is 48.5 Å². The van der Waals surface area contributed by atoms with E-state index in [4.69, 9.17) is 4.74 Å². The van der Waals surface area contributed by atoms with Crippen LogP contribution in [0.25, 0.3) is 0 Å². The summed E-state index contributed by atoms with van der Waals surface area (Å²) >= 11 is 0. The molecule has 3 N–H and O–H groups in total. The molecule has 0 saturated carbocycles. The van der Waals surface area contributed by atoms with Crippen molar-refractivity contribution in [3.8, 4) is 5.75 Å². The van der Waals surface area contributed by atoms with Crippen molar-refractivity contribution in [1.29, 1.82) is 0 Å². The van der Waals surface area contributed by atoms with E-state index >= 15 is 0 Å². The smallest absolute Gasteiger partial charge is 0.262 e. The first-order valence-corrected chi connectivity index (χ1v) is 10.2. The summed E-state index contributed by atoms with van der Waals surface area (Å²) in [6, 6.07) is 14.3. The molecular formula is C23H27N3O5. The predicted molar refractivity (Wildman–Crippen MR) is 117 cm³/mol. The number of nitrogens with zero attached hydrogens (tertiary/aromatic N) is 1. The summed E-state index contributed by atoms with van der Waals surface area (Å²) in [5.74, 6) is -0.596. The fourth-order valence-electron chi connectivity index (χ4n) is 3.23. The van der Waals surface area contributed by atoms with E-state index in [-0.39, 0.29) is 43.8 Å². The van der Waals surface area contributed by atoms with Crippen LogP contribution < -0.4 is 20.3 Å². The number of hydrogen-bond acceptors (Lipinski definition) is 5. The molecular weight excluding hydrogens is 398 g/mol. The number of anilines is 2. The van der Waals surface area contributed by atoms with Crippen LogP contribution in [0.4, 0.5) is 11.4 Å². The fourth-order valence-corrected chi connectivity index (χ4v) is 3.23. The Bertz CT molecular complexity index is 925. The highest BCUT2D eigenvalue weighted by Crippen LogP contribution is 2.27. The second kappa shape index (κ2) is 10.1. The molecule has 2 aromatic carbocycles. The molecule has 1 aliphatic rings. The quantitative estimate of drug-likeness (QED) is 0.598. The van der Waals surface area contributed by atoms with Crippen molar-refractivity contribution < 1.29 is 24.2 Å². The summed E-state index contributed by atoms with van der Waals surface area (Å²) in [5.41, 5.74) is 2.47. The van der Waals surface area contributed by atoms with Crippen LogP contribution in [0.5, 0.6) is 5.75 Å². The highest BCUT2D eigenvalue weighted by Gasteiger charge is 2.35. The van der Waals surface area contributed by atoms with Gasteiger partial charge in [0, 0.05) is 30.9 Å². The van der Waals surface area contributed by atoms with Gasteiger partial charge in [-0.2, -0.15) is 0 Å². The lowest BCUT2D eigenvalue weighted by Crippen LogP contribution is -2.36. The Hall–Kier alpha value is -3.39. The molecule has 8 nitrogen and oxygen atoms in total. The van der Waals surface area contributed by atoms with E-state index in [1.165, 1.54) is 0 Å². The minimum Gasteiger partial charge on any atom is -0.484 e. The molecule has 2 atom stereocenters. The first kappa shape index (κ1) is 22.3. The van der Waals surface area contributed by atoms with Gasteiger partial charge in [0.2, 0.25) is 11.8 Å². The average Bonchev–Trinajstić information content (AvgIpc) is 3.14. The number of ether oxygens (including phenoxy) is 1. The van der Waals surface area contributed by atoms with Crippen molar-refractivity contribution in [2.75, 3.05) is 29.9 Å². The minimum atomic E-state index is -0.635. The van der Waals surface area contributed by atoms with Gasteiger partial charge in [0.05, 0.1) is 12.0 Å². The number of aliphatic hydroxyl groups excluding tert-OH is 1. The normalized spacial score (nSPS) is 16.7. The molecule has 3 rings (SSSR count). The molecule has 1 aliphatic heterocycles. The van der Waals surface area contributed by atoms with Gasteiger partial charge in [-0.25, -0.2) is 0 Å². The Balaban J connectivity index is 1.50. The first-order chi connectivity index (χ1) is 14.8. The predicted octanol–water partition coefficient (Wildman–Crippen LogP) is 1.86. The third-order valence-electron chi connectivity index (χ3n) is 4.92. The van der Waals surface area contributed by atoms with Crippen LogP contribution >= 0.6 is 0 Å². The van der Waals surface area contributed by atoms with E-state index in [1.54, 1.807) is 36.1 Å². The average molecular weight is 425 g/mol. The molecule has 0 radical (unpaired) electrons. The van der Waals surface area contributed by atoms with Gasteiger partial charge in [0.1, 0.15) is 5.75 Å². The van der Waals surface area contributed by atoms with Crippen molar-refractivity contribution >= 4 is 29.1 Å². The summed E-state index contributed by atoms with van der Waals surface area (Å²) in [4.78, 5) is 38.1. The second-order valence-corrected chi connectivity index (χ2v) is 7.70. The van der Waals surface area contributed by atoms with Gasteiger partial charge < -0.3 is 25.4 Å². The summed E-state index contributed by atoms with van der Waals surface area (Å²) in [6.07, 6.45) is -0.507. The lowest BCUT2D eigenvalue weighted by molar-refractivity contribution is -0.126. The zero-order valence-corrected chi connectivity index (χ0v) is 17.6. The summed E-state index contributed by atoms with van der Waals surface area (Å²) in [6.45, 7) is 3.86. The Morgan fingerprint density at radius 1 is 1.16 bits per heavy atom. The summed E-state index contributed by atoms with van der Waals surface area (Å²) in [7, 11) is 0. The van der Waals surface area contributed by atoms with E-state index in [2.05, 4.69) is 10.6 Å². The fraction of sp³-hybridized carbons (Fsp3) is 0.348. The second-order valence-electron chi connectivity index (χ2n) is 7.70. The molecule has 0 aliphatic carbocycles. The number of amides is 3. The van der Waals surface area contributed by atoms with Gasteiger partial charge >= 0.3 is 0 Å². The molecule has 1 heterocycles. The zero-order chi connectivity index (χ0) is 22.4. The molecule has 3 amide bonds. The van der Waals surface area contributed by atoms with E-state index in [0.717, 1.165) is 5.56 Å². The summed E-state index contributed by atoms with van der Waals surface area (Å²) in [5, 5.41) is 14.7. The monoisotopic (exact) mass is 425 g/mol. The first-order valence-electron chi connectivity index (χ1n) is 10.2. The van der Waals surface area contributed by atoms with Crippen LogP contribution in [-0.2, 0) is 14.4 Å². The number of rotatable bonds is 8. The highest BCUT2D eigenvalue weighted by molar-refractivity contribution is 6.00. The Morgan fingerprint density at radius 2 is 1.84 bits per heavy atom. The van der Waals surface area contributed by atoms with Crippen molar-refractivity contribution in [2.45, 2.75) is 26.4 Å². The molecule has 164 valence electrons. The highest BCUT2D eigenvalue weighted by atomic mass is 16.5. The van der Waals surface area contributed by atoms with Gasteiger partial charge in [-0.15, -0.1) is 0 Å². The molecule has 0 bridgehead atoms. The van der Waals surface area contributed by atoms with E-state index < -0.39 is 12.0 Å². The van der Waals surface area contributed by atoms with Crippen molar-refractivity contribution in [2.24, 2.45) is 5.92 Å².